The van der Waals surface area contributed by atoms with Gasteiger partial charge in [-0.3, -0.25) is 0 Å². The first-order chi connectivity index (χ1) is 11.5. The monoisotopic (exact) mass is 366 g/mol. The molecule has 6 heteroatoms. The molecule has 0 aromatic heterocycles. The molecule has 0 unspecified atom stereocenters. The van der Waals surface area contributed by atoms with Gasteiger partial charge in [-0.2, -0.15) is 0 Å². The first kappa shape index (κ1) is 18.2. The molecule has 1 N–H and O–H groups in total. The SMILES string of the molecule is C/C=C(/C(=O)O)c1ccccc1COc1cc(Cl)c(OC)c(Cl)c1. The van der Waals surface area contributed by atoms with Crippen LogP contribution in [-0.4, -0.2) is 18.2 Å². The Kier molecular flexibility index (Phi) is 6.12. The maximum absolute atomic E-state index is 11.4. The molecule has 126 valence electrons. The summed E-state index contributed by atoms with van der Waals surface area (Å²) >= 11 is 12.2. The topological polar surface area (TPSA) is 55.8 Å². The summed E-state index contributed by atoms with van der Waals surface area (Å²) < 4.78 is 10.8. The second-order valence-electron chi connectivity index (χ2n) is 4.87. The Bertz CT molecular complexity index is 761. The molecule has 0 bridgehead atoms. The number of carboxylic acid groups (broad SMARTS) is 1. The molecule has 0 spiro atoms. The Morgan fingerprint density at radius 1 is 1.21 bits per heavy atom. The van der Waals surface area contributed by atoms with Gasteiger partial charge in [-0.05, 0) is 18.1 Å². The number of ether oxygens (including phenoxy) is 2. The van der Waals surface area contributed by atoms with Crippen LogP contribution in [0.25, 0.3) is 5.57 Å². The average molecular weight is 367 g/mol. The molecule has 0 aliphatic rings. The second kappa shape index (κ2) is 8.08. The number of hydrogen-bond donors (Lipinski definition) is 1. The zero-order valence-corrected chi connectivity index (χ0v) is 14.7. The van der Waals surface area contributed by atoms with Crippen LogP contribution in [0.2, 0.25) is 10.0 Å². The summed E-state index contributed by atoms with van der Waals surface area (Å²) in [6, 6.07) is 10.4. The normalized spacial score (nSPS) is 11.2. The fourth-order valence-corrected chi connectivity index (χ4v) is 2.90. The summed E-state index contributed by atoms with van der Waals surface area (Å²) in [7, 11) is 1.48. The van der Waals surface area contributed by atoms with Crippen LogP contribution in [-0.2, 0) is 11.4 Å². The molecule has 0 aliphatic heterocycles. The Labute approximate surface area is 150 Å². The van der Waals surface area contributed by atoms with Crippen LogP contribution in [0.4, 0.5) is 0 Å². The van der Waals surface area contributed by atoms with Gasteiger partial charge >= 0.3 is 5.97 Å². The van der Waals surface area contributed by atoms with Gasteiger partial charge in [0.15, 0.2) is 5.75 Å². The zero-order valence-electron chi connectivity index (χ0n) is 13.2. The summed E-state index contributed by atoms with van der Waals surface area (Å²) in [5, 5.41) is 9.99. The lowest BCUT2D eigenvalue weighted by molar-refractivity contribution is -0.130. The van der Waals surface area contributed by atoms with Crippen LogP contribution < -0.4 is 9.47 Å². The molecule has 0 heterocycles. The number of aliphatic carboxylic acids is 1. The van der Waals surface area contributed by atoms with Crippen molar-refractivity contribution in [3.63, 3.8) is 0 Å². The minimum Gasteiger partial charge on any atom is -0.494 e. The number of methoxy groups -OCH3 is 1. The molecule has 0 aliphatic carbocycles. The number of halogens is 2. The fourth-order valence-electron chi connectivity index (χ4n) is 2.28. The van der Waals surface area contributed by atoms with Gasteiger partial charge in [0.2, 0.25) is 0 Å². The van der Waals surface area contributed by atoms with Gasteiger partial charge < -0.3 is 14.6 Å². The van der Waals surface area contributed by atoms with E-state index in [2.05, 4.69) is 0 Å². The largest absolute Gasteiger partial charge is 0.494 e. The molecule has 24 heavy (non-hydrogen) atoms. The van der Waals surface area contributed by atoms with E-state index in [-0.39, 0.29) is 12.2 Å². The van der Waals surface area contributed by atoms with Crippen molar-refractivity contribution in [3.05, 3.63) is 63.6 Å². The molecular weight excluding hydrogens is 351 g/mol. The lowest BCUT2D eigenvalue weighted by atomic mass is 10.00. The Morgan fingerprint density at radius 2 is 1.83 bits per heavy atom. The predicted octanol–water partition coefficient (Wildman–Crippen LogP) is 5.07. The van der Waals surface area contributed by atoms with Crippen molar-refractivity contribution < 1.29 is 19.4 Å². The minimum absolute atomic E-state index is 0.180. The number of carbonyl (C=O) groups is 1. The molecule has 2 rings (SSSR count). The van der Waals surface area contributed by atoms with Crippen molar-refractivity contribution in [2.75, 3.05) is 7.11 Å². The van der Waals surface area contributed by atoms with Crippen molar-refractivity contribution >= 4 is 34.7 Å². The van der Waals surface area contributed by atoms with Crippen LogP contribution in [0.3, 0.4) is 0 Å². The van der Waals surface area contributed by atoms with Gasteiger partial charge in [0.25, 0.3) is 0 Å². The summed E-state index contributed by atoms with van der Waals surface area (Å²) in [5.41, 5.74) is 1.58. The van der Waals surface area contributed by atoms with E-state index < -0.39 is 5.97 Å². The number of hydrogen-bond acceptors (Lipinski definition) is 3. The average Bonchev–Trinajstić information content (AvgIpc) is 2.54. The van der Waals surface area contributed by atoms with E-state index in [1.165, 1.54) is 7.11 Å². The van der Waals surface area contributed by atoms with Gasteiger partial charge in [-0.15, -0.1) is 0 Å². The Hall–Kier alpha value is -2.17. The van der Waals surface area contributed by atoms with Crippen LogP contribution in [0.15, 0.2) is 42.5 Å². The molecule has 0 amide bonds. The van der Waals surface area contributed by atoms with Gasteiger partial charge in [-0.25, -0.2) is 4.79 Å². The maximum atomic E-state index is 11.4. The summed E-state index contributed by atoms with van der Waals surface area (Å²) in [6.45, 7) is 1.86. The van der Waals surface area contributed by atoms with Crippen molar-refractivity contribution in [2.24, 2.45) is 0 Å². The first-order valence-corrected chi connectivity index (χ1v) is 7.87. The quantitative estimate of drug-likeness (QED) is 0.725. The van der Waals surface area contributed by atoms with Crippen LogP contribution in [0.1, 0.15) is 18.1 Å². The number of rotatable bonds is 6. The lowest BCUT2D eigenvalue weighted by Crippen LogP contribution is -2.05. The van der Waals surface area contributed by atoms with Crippen molar-refractivity contribution in [3.8, 4) is 11.5 Å². The third-order valence-electron chi connectivity index (χ3n) is 3.40. The van der Waals surface area contributed by atoms with Crippen LogP contribution in [0.5, 0.6) is 11.5 Å². The van der Waals surface area contributed by atoms with Gasteiger partial charge in [-0.1, -0.05) is 53.5 Å². The second-order valence-corrected chi connectivity index (χ2v) is 5.69. The molecular formula is C18H16Cl2O4. The van der Waals surface area contributed by atoms with Crippen LogP contribution >= 0.6 is 23.2 Å². The van der Waals surface area contributed by atoms with E-state index in [1.807, 2.05) is 12.1 Å². The number of benzene rings is 2. The summed E-state index contributed by atoms with van der Waals surface area (Å²) in [6.07, 6.45) is 1.56. The number of allylic oxidation sites excluding steroid dienone is 1. The maximum Gasteiger partial charge on any atom is 0.335 e. The molecule has 2 aromatic rings. The van der Waals surface area contributed by atoms with Crippen molar-refractivity contribution in [1.82, 2.24) is 0 Å². The summed E-state index contributed by atoms with van der Waals surface area (Å²) in [4.78, 5) is 11.4. The van der Waals surface area contributed by atoms with E-state index in [4.69, 9.17) is 32.7 Å². The van der Waals surface area contributed by atoms with E-state index >= 15 is 0 Å². The van der Waals surface area contributed by atoms with E-state index in [0.717, 1.165) is 5.56 Å². The Morgan fingerprint density at radius 3 is 2.38 bits per heavy atom. The third-order valence-corrected chi connectivity index (χ3v) is 3.96. The Balaban J connectivity index is 2.26. The molecule has 4 nitrogen and oxygen atoms in total. The van der Waals surface area contributed by atoms with Gasteiger partial charge in [0, 0.05) is 12.1 Å². The minimum atomic E-state index is -0.986. The highest BCUT2D eigenvalue weighted by Gasteiger charge is 2.14. The molecule has 0 saturated heterocycles. The zero-order chi connectivity index (χ0) is 17.7. The van der Waals surface area contributed by atoms with Gasteiger partial charge in [0.1, 0.15) is 12.4 Å². The smallest absolute Gasteiger partial charge is 0.335 e. The van der Waals surface area contributed by atoms with Crippen molar-refractivity contribution in [1.29, 1.82) is 0 Å². The van der Waals surface area contributed by atoms with E-state index in [9.17, 15) is 9.90 Å². The number of carboxylic acids is 1. The lowest BCUT2D eigenvalue weighted by Gasteiger charge is -2.13. The molecule has 2 aromatic carbocycles. The molecule has 0 atom stereocenters. The van der Waals surface area contributed by atoms with E-state index in [1.54, 1.807) is 37.3 Å². The van der Waals surface area contributed by atoms with Crippen LogP contribution in [0, 0.1) is 0 Å². The molecule has 0 fully saturated rings. The molecule has 0 saturated carbocycles. The van der Waals surface area contributed by atoms with Crippen molar-refractivity contribution in [2.45, 2.75) is 13.5 Å². The van der Waals surface area contributed by atoms with Gasteiger partial charge in [0.05, 0.1) is 22.7 Å². The first-order valence-electron chi connectivity index (χ1n) is 7.11. The highest BCUT2D eigenvalue weighted by Crippen LogP contribution is 2.36. The van der Waals surface area contributed by atoms with E-state index in [0.29, 0.717) is 27.1 Å². The predicted molar refractivity (Wildman–Crippen MR) is 95.1 cm³/mol. The highest BCUT2D eigenvalue weighted by molar-refractivity contribution is 6.37. The third kappa shape index (κ3) is 4.02. The fraction of sp³-hybridized carbons (Fsp3) is 0.167. The standard InChI is InChI=1S/C18H16Cl2O4/c1-3-13(18(21)22)14-7-5-4-6-11(14)10-24-12-8-15(19)17(23-2)16(20)9-12/h3-9H,10H2,1-2H3,(H,21,22)/b13-3+. The highest BCUT2D eigenvalue weighted by atomic mass is 35.5. The molecule has 0 radical (unpaired) electrons. The summed E-state index contributed by atoms with van der Waals surface area (Å²) in [5.74, 6) is -0.133.